The van der Waals surface area contributed by atoms with E-state index in [1.807, 2.05) is 49.0 Å². The van der Waals surface area contributed by atoms with Crippen LogP contribution in [0.25, 0.3) is 0 Å². The highest BCUT2D eigenvalue weighted by atomic mass is 16.5. The number of nitrogens with zero attached hydrogens (tertiary/aromatic N) is 5. The third-order valence-electron chi connectivity index (χ3n) is 4.14. The Morgan fingerprint density at radius 2 is 2.16 bits per heavy atom. The molecule has 0 radical (unpaired) electrons. The number of rotatable bonds is 4. The molecule has 2 aromatic heterocycles. The summed E-state index contributed by atoms with van der Waals surface area (Å²) >= 11 is 0. The molecular weight excluding hydrogens is 318 g/mol. The molecule has 132 valence electrons. The second kappa shape index (κ2) is 7.57. The first-order valence-corrected chi connectivity index (χ1v) is 8.34. The molecule has 1 atom stereocenters. The van der Waals surface area contributed by atoms with Crippen LogP contribution in [0.2, 0.25) is 0 Å². The molecule has 0 N–H and O–H groups in total. The Kier molecular flexibility index (Phi) is 5.23. The lowest BCUT2D eigenvalue weighted by Crippen LogP contribution is -2.43. The molecule has 0 spiro atoms. The summed E-state index contributed by atoms with van der Waals surface area (Å²) in [6.07, 6.45) is 3.61. The molecule has 0 aromatic carbocycles. The molecule has 0 unspecified atom stereocenters. The highest BCUT2D eigenvalue weighted by molar-refractivity contribution is 5.78. The van der Waals surface area contributed by atoms with E-state index in [2.05, 4.69) is 15.0 Å². The van der Waals surface area contributed by atoms with E-state index in [0.717, 1.165) is 17.0 Å². The van der Waals surface area contributed by atoms with Gasteiger partial charge in [-0.1, -0.05) is 6.07 Å². The van der Waals surface area contributed by atoms with E-state index < -0.39 is 0 Å². The van der Waals surface area contributed by atoms with Crippen molar-refractivity contribution >= 4 is 11.9 Å². The summed E-state index contributed by atoms with van der Waals surface area (Å²) in [5.74, 6) is 0.719. The molecule has 1 aliphatic rings. The van der Waals surface area contributed by atoms with Crippen molar-refractivity contribution < 1.29 is 9.53 Å². The van der Waals surface area contributed by atoms with Crippen molar-refractivity contribution in [2.24, 2.45) is 0 Å². The van der Waals surface area contributed by atoms with Gasteiger partial charge in [-0.3, -0.25) is 9.78 Å². The van der Waals surface area contributed by atoms with Gasteiger partial charge in [-0.15, -0.1) is 0 Å². The van der Waals surface area contributed by atoms with Gasteiger partial charge in [-0.2, -0.15) is 0 Å². The van der Waals surface area contributed by atoms with Gasteiger partial charge in [-0.25, -0.2) is 9.97 Å². The number of anilines is 1. The van der Waals surface area contributed by atoms with Gasteiger partial charge in [0.05, 0.1) is 25.3 Å². The summed E-state index contributed by atoms with van der Waals surface area (Å²) in [6.45, 7) is 3.54. The lowest BCUT2D eigenvalue weighted by atomic mass is 10.1. The maximum Gasteiger partial charge on any atom is 0.227 e. The third-order valence-corrected chi connectivity index (χ3v) is 4.14. The fraction of sp³-hybridized carbons (Fsp3) is 0.444. The first kappa shape index (κ1) is 17.3. The van der Waals surface area contributed by atoms with Crippen LogP contribution in [0, 0.1) is 6.92 Å². The number of ether oxygens (including phenoxy) is 1. The average molecular weight is 341 g/mol. The SMILES string of the molecule is Cc1ccc(CC(=O)N2CCO[C@H](c3ccnc(N(C)C)n3)C2)cn1. The highest BCUT2D eigenvalue weighted by Gasteiger charge is 2.26. The maximum absolute atomic E-state index is 12.6. The molecule has 1 aliphatic heterocycles. The predicted octanol–water partition coefficient (Wildman–Crippen LogP) is 1.39. The fourth-order valence-corrected chi connectivity index (χ4v) is 2.70. The van der Waals surface area contributed by atoms with Gasteiger partial charge in [0.15, 0.2) is 0 Å². The molecule has 25 heavy (non-hydrogen) atoms. The van der Waals surface area contributed by atoms with E-state index in [0.29, 0.717) is 32.1 Å². The van der Waals surface area contributed by atoms with Crippen molar-refractivity contribution in [1.82, 2.24) is 19.9 Å². The van der Waals surface area contributed by atoms with Crippen LogP contribution in [-0.2, 0) is 16.0 Å². The van der Waals surface area contributed by atoms with E-state index in [4.69, 9.17) is 4.74 Å². The van der Waals surface area contributed by atoms with E-state index >= 15 is 0 Å². The Labute approximate surface area is 147 Å². The number of amides is 1. The smallest absolute Gasteiger partial charge is 0.227 e. The zero-order valence-electron chi connectivity index (χ0n) is 14.8. The van der Waals surface area contributed by atoms with Crippen LogP contribution >= 0.6 is 0 Å². The van der Waals surface area contributed by atoms with Crippen molar-refractivity contribution in [3.8, 4) is 0 Å². The molecule has 0 saturated carbocycles. The summed E-state index contributed by atoms with van der Waals surface area (Å²) in [4.78, 5) is 29.3. The average Bonchev–Trinajstić information content (AvgIpc) is 2.64. The van der Waals surface area contributed by atoms with E-state index in [1.165, 1.54) is 0 Å². The molecule has 3 rings (SSSR count). The summed E-state index contributed by atoms with van der Waals surface area (Å²) in [6, 6.07) is 5.72. The minimum atomic E-state index is -0.226. The third kappa shape index (κ3) is 4.30. The zero-order chi connectivity index (χ0) is 17.8. The number of carbonyl (C=O) groups is 1. The van der Waals surface area contributed by atoms with Gasteiger partial charge in [0.1, 0.15) is 6.10 Å². The topological polar surface area (TPSA) is 71.5 Å². The van der Waals surface area contributed by atoms with E-state index in [1.54, 1.807) is 12.4 Å². The number of aryl methyl sites for hydroxylation is 1. The van der Waals surface area contributed by atoms with Crippen LogP contribution in [0.4, 0.5) is 5.95 Å². The number of pyridine rings is 1. The first-order chi connectivity index (χ1) is 12.0. The Balaban J connectivity index is 1.67. The van der Waals surface area contributed by atoms with Crippen LogP contribution < -0.4 is 4.90 Å². The predicted molar refractivity (Wildman–Crippen MR) is 94.3 cm³/mol. The summed E-state index contributed by atoms with van der Waals surface area (Å²) in [5.41, 5.74) is 2.67. The number of carbonyl (C=O) groups excluding carboxylic acids is 1. The molecule has 0 aliphatic carbocycles. The zero-order valence-corrected chi connectivity index (χ0v) is 14.8. The lowest BCUT2D eigenvalue weighted by Gasteiger charge is -2.33. The minimum absolute atomic E-state index is 0.0841. The van der Waals surface area contributed by atoms with Crippen LogP contribution in [0.3, 0.4) is 0 Å². The van der Waals surface area contributed by atoms with Gasteiger partial charge in [0.25, 0.3) is 0 Å². The summed E-state index contributed by atoms with van der Waals surface area (Å²) in [7, 11) is 3.79. The van der Waals surface area contributed by atoms with E-state index in [9.17, 15) is 4.79 Å². The Hall–Kier alpha value is -2.54. The Bertz CT molecular complexity index is 733. The quantitative estimate of drug-likeness (QED) is 0.837. The van der Waals surface area contributed by atoms with Gasteiger partial charge in [0, 0.05) is 38.7 Å². The van der Waals surface area contributed by atoms with Gasteiger partial charge >= 0.3 is 0 Å². The van der Waals surface area contributed by atoms with Crippen LogP contribution in [-0.4, -0.2) is 59.6 Å². The maximum atomic E-state index is 12.6. The second-order valence-electron chi connectivity index (χ2n) is 6.36. The monoisotopic (exact) mass is 341 g/mol. The summed E-state index contributed by atoms with van der Waals surface area (Å²) in [5, 5.41) is 0. The number of aromatic nitrogens is 3. The van der Waals surface area contributed by atoms with Gasteiger partial charge in [-0.05, 0) is 24.6 Å². The number of morpholine rings is 1. The molecule has 0 bridgehead atoms. The molecular formula is C18H23N5O2. The van der Waals surface area contributed by atoms with Crippen molar-refractivity contribution in [3.05, 3.63) is 47.5 Å². The second-order valence-corrected chi connectivity index (χ2v) is 6.36. The van der Waals surface area contributed by atoms with Crippen LogP contribution in [0.1, 0.15) is 23.1 Å². The van der Waals surface area contributed by atoms with Gasteiger partial charge < -0.3 is 14.5 Å². The normalized spacial score (nSPS) is 17.4. The number of hydrogen-bond acceptors (Lipinski definition) is 6. The first-order valence-electron chi connectivity index (χ1n) is 8.34. The molecule has 7 nitrogen and oxygen atoms in total. The fourth-order valence-electron chi connectivity index (χ4n) is 2.70. The summed E-state index contributed by atoms with van der Waals surface area (Å²) < 4.78 is 5.83. The van der Waals surface area contributed by atoms with Crippen LogP contribution in [0.15, 0.2) is 30.6 Å². The lowest BCUT2D eigenvalue weighted by molar-refractivity contribution is -0.138. The molecule has 2 aromatic rings. The molecule has 1 fully saturated rings. The van der Waals surface area contributed by atoms with Crippen molar-refractivity contribution in [2.45, 2.75) is 19.4 Å². The molecule has 1 saturated heterocycles. The minimum Gasteiger partial charge on any atom is -0.368 e. The van der Waals surface area contributed by atoms with Crippen molar-refractivity contribution in [2.75, 3.05) is 38.7 Å². The van der Waals surface area contributed by atoms with Crippen molar-refractivity contribution in [3.63, 3.8) is 0 Å². The largest absolute Gasteiger partial charge is 0.368 e. The Morgan fingerprint density at radius 1 is 1.32 bits per heavy atom. The highest BCUT2D eigenvalue weighted by Crippen LogP contribution is 2.22. The molecule has 1 amide bonds. The molecule has 3 heterocycles. The standard InChI is InChI=1S/C18H23N5O2/c1-13-4-5-14(11-20-13)10-17(24)23-8-9-25-16(12-23)15-6-7-19-18(21-15)22(2)3/h4-7,11,16H,8-10,12H2,1-3H3/t16-/m0/s1. The van der Waals surface area contributed by atoms with Crippen LogP contribution in [0.5, 0.6) is 0 Å². The van der Waals surface area contributed by atoms with Crippen molar-refractivity contribution in [1.29, 1.82) is 0 Å². The van der Waals surface area contributed by atoms with E-state index in [-0.39, 0.29) is 12.0 Å². The number of hydrogen-bond donors (Lipinski definition) is 0. The van der Waals surface area contributed by atoms with Gasteiger partial charge in [0.2, 0.25) is 11.9 Å². The Morgan fingerprint density at radius 3 is 2.88 bits per heavy atom. The molecule has 7 heteroatoms.